The number of pyridine rings is 2. The molecule has 43 heavy (non-hydrogen) atoms. The van der Waals surface area contributed by atoms with E-state index in [9.17, 15) is 0 Å². The maximum atomic E-state index is 5.43. The fraction of sp³-hybridized carbons (Fsp3) is 0.0732. The van der Waals surface area contributed by atoms with Gasteiger partial charge in [0.2, 0.25) is 0 Å². The van der Waals surface area contributed by atoms with Gasteiger partial charge in [0.05, 0.1) is 16.9 Å². The number of aromatic nitrogens is 2. The van der Waals surface area contributed by atoms with Crippen molar-refractivity contribution in [3.63, 3.8) is 0 Å². The predicted molar refractivity (Wildman–Crippen MR) is 180 cm³/mol. The minimum atomic E-state index is -0.283. The van der Waals surface area contributed by atoms with Gasteiger partial charge in [0.15, 0.2) is 0 Å². The van der Waals surface area contributed by atoms with Crippen LogP contribution in [0, 0.1) is 0 Å². The molecule has 0 fully saturated rings. The molecule has 6 aromatic carbocycles. The number of rotatable bonds is 2. The van der Waals surface area contributed by atoms with Crippen molar-refractivity contribution in [1.82, 2.24) is 9.97 Å². The topological polar surface area (TPSA) is 25.8 Å². The van der Waals surface area contributed by atoms with Crippen molar-refractivity contribution in [2.24, 2.45) is 0 Å². The standard InChI is InChI=1S/C41H28N2/c1-41(2)36-19-17-29(28-15-14-25-8-3-4-10-27(25)22-28)23-35(36)39-38-34(20-21-42-39)33-18-16-30(24-37(33)43-40(38)41)32-13-7-11-26-9-5-6-12-31(26)32/h3-24H,1-2H3. The molecule has 2 aromatic heterocycles. The third-order valence-electron chi connectivity index (χ3n) is 9.43. The summed E-state index contributed by atoms with van der Waals surface area (Å²) in [6.07, 6.45) is 1.96. The van der Waals surface area contributed by atoms with Gasteiger partial charge in [-0.2, -0.15) is 0 Å². The van der Waals surface area contributed by atoms with Crippen LogP contribution in [0.1, 0.15) is 25.1 Å². The van der Waals surface area contributed by atoms with Gasteiger partial charge in [-0.1, -0.05) is 117 Å². The first-order chi connectivity index (χ1) is 21.1. The Hall–Kier alpha value is -5.34. The highest BCUT2D eigenvalue weighted by Crippen LogP contribution is 2.49. The van der Waals surface area contributed by atoms with E-state index in [2.05, 4.69) is 141 Å². The van der Waals surface area contributed by atoms with Crippen LogP contribution in [-0.2, 0) is 5.41 Å². The maximum Gasteiger partial charge on any atom is 0.0802 e. The van der Waals surface area contributed by atoms with Crippen molar-refractivity contribution in [3.05, 3.63) is 145 Å². The molecule has 0 saturated carbocycles. The van der Waals surface area contributed by atoms with Gasteiger partial charge in [-0.05, 0) is 79.0 Å². The second-order valence-electron chi connectivity index (χ2n) is 12.2. The van der Waals surface area contributed by atoms with Crippen LogP contribution >= 0.6 is 0 Å². The van der Waals surface area contributed by atoms with Crippen LogP contribution < -0.4 is 0 Å². The zero-order valence-electron chi connectivity index (χ0n) is 24.1. The van der Waals surface area contributed by atoms with Gasteiger partial charge in [0.25, 0.3) is 0 Å². The number of hydrogen-bond donors (Lipinski definition) is 0. The van der Waals surface area contributed by atoms with Gasteiger partial charge in [0, 0.05) is 27.9 Å². The Morgan fingerprint density at radius 1 is 0.512 bits per heavy atom. The highest BCUT2D eigenvalue weighted by Gasteiger charge is 2.36. The van der Waals surface area contributed by atoms with Gasteiger partial charge in [-0.25, -0.2) is 0 Å². The lowest BCUT2D eigenvalue weighted by atomic mass is 9.71. The molecule has 0 unspecified atom stereocenters. The molecular weight excluding hydrogens is 520 g/mol. The minimum absolute atomic E-state index is 0.283. The average molecular weight is 549 g/mol. The van der Waals surface area contributed by atoms with E-state index >= 15 is 0 Å². The van der Waals surface area contributed by atoms with Crippen LogP contribution in [0.4, 0.5) is 0 Å². The van der Waals surface area contributed by atoms with Crippen LogP contribution in [-0.4, -0.2) is 9.97 Å². The molecule has 1 aliphatic carbocycles. The molecule has 0 saturated heterocycles. The minimum Gasteiger partial charge on any atom is -0.256 e. The third kappa shape index (κ3) is 3.53. The van der Waals surface area contributed by atoms with Gasteiger partial charge in [-0.3, -0.25) is 9.97 Å². The highest BCUT2D eigenvalue weighted by atomic mass is 14.8. The normalized spacial score (nSPS) is 13.5. The summed E-state index contributed by atoms with van der Waals surface area (Å²) in [6, 6.07) is 46.2. The Kier molecular flexibility index (Phi) is 4.99. The molecule has 2 heterocycles. The van der Waals surface area contributed by atoms with Crippen molar-refractivity contribution in [3.8, 4) is 33.5 Å². The Morgan fingerprint density at radius 2 is 1.26 bits per heavy atom. The maximum absolute atomic E-state index is 5.43. The largest absolute Gasteiger partial charge is 0.256 e. The summed E-state index contributed by atoms with van der Waals surface area (Å²) >= 11 is 0. The summed E-state index contributed by atoms with van der Waals surface area (Å²) in [5.74, 6) is 0. The van der Waals surface area contributed by atoms with E-state index in [0.29, 0.717) is 0 Å². The Bertz CT molecular complexity index is 2430. The summed E-state index contributed by atoms with van der Waals surface area (Å²) in [6.45, 7) is 4.61. The first-order valence-corrected chi connectivity index (χ1v) is 14.9. The predicted octanol–water partition coefficient (Wildman–Crippen LogP) is 10.7. The van der Waals surface area contributed by atoms with Crippen LogP contribution in [0.2, 0.25) is 0 Å². The van der Waals surface area contributed by atoms with E-state index in [-0.39, 0.29) is 5.41 Å². The zero-order chi connectivity index (χ0) is 28.7. The summed E-state index contributed by atoms with van der Waals surface area (Å²) in [5.41, 5.74) is 10.2. The van der Waals surface area contributed by atoms with Gasteiger partial charge >= 0.3 is 0 Å². The zero-order valence-corrected chi connectivity index (χ0v) is 24.1. The van der Waals surface area contributed by atoms with Crippen molar-refractivity contribution in [2.75, 3.05) is 0 Å². The van der Waals surface area contributed by atoms with E-state index in [1.807, 2.05) is 6.20 Å². The number of hydrogen-bond acceptors (Lipinski definition) is 2. The molecule has 1 aliphatic rings. The Morgan fingerprint density at radius 3 is 2.16 bits per heavy atom. The van der Waals surface area contributed by atoms with E-state index < -0.39 is 0 Å². The molecule has 202 valence electrons. The molecule has 0 radical (unpaired) electrons. The Balaban J connectivity index is 1.26. The lowest BCUT2D eigenvalue weighted by Crippen LogP contribution is -2.25. The average Bonchev–Trinajstić information content (AvgIpc) is 3.06. The SMILES string of the molecule is CC1(C)c2ccc(-c3ccc4ccccc4c3)cc2-c2nccc3c2c1nc1cc(-c2cccc4ccccc24)ccc13. The summed E-state index contributed by atoms with van der Waals surface area (Å²) in [7, 11) is 0. The first-order valence-electron chi connectivity index (χ1n) is 14.9. The molecule has 0 amide bonds. The van der Waals surface area contributed by atoms with E-state index in [1.165, 1.54) is 65.7 Å². The quantitative estimate of drug-likeness (QED) is 0.201. The van der Waals surface area contributed by atoms with Crippen LogP contribution in [0.15, 0.2) is 134 Å². The molecule has 2 nitrogen and oxygen atoms in total. The molecule has 0 N–H and O–H groups in total. The molecule has 9 rings (SSSR count). The van der Waals surface area contributed by atoms with Crippen molar-refractivity contribution in [1.29, 1.82) is 0 Å². The van der Waals surface area contributed by atoms with E-state index in [1.54, 1.807) is 0 Å². The number of nitrogens with zero attached hydrogens (tertiary/aromatic N) is 2. The molecule has 0 aliphatic heterocycles. The lowest BCUT2D eigenvalue weighted by molar-refractivity contribution is 0.624. The number of benzene rings is 6. The van der Waals surface area contributed by atoms with E-state index in [4.69, 9.17) is 9.97 Å². The molecule has 8 aromatic rings. The first kappa shape index (κ1) is 24.3. The van der Waals surface area contributed by atoms with Crippen molar-refractivity contribution < 1.29 is 0 Å². The van der Waals surface area contributed by atoms with Gasteiger partial charge in [-0.15, -0.1) is 0 Å². The van der Waals surface area contributed by atoms with E-state index in [0.717, 1.165) is 22.3 Å². The summed E-state index contributed by atoms with van der Waals surface area (Å²) in [4.78, 5) is 10.4. The van der Waals surface area contributed by atoms with Crippen LogP contribution in [0.5, 0.6) is 0 Å². The second-order valence-corrected chi connectivity index (χ2v) is 12.2. The Labute approximate surface area is 250 Å². The molecule has 0 bridgehead atoms. The van der Waals surface area contributed by atoms with Crippen molar-refractivity contribution >= 4 is 43.2 Å². The highest BCUT2D eigenvalue weighted by molar-refractivity contribution is 6.14. The van der Waals surface area contributed by atoms with Gasteiger partial charge in [0.1, 0.15) is 0 Å². The number of fused-ring (bicyclic) bond motifs is 6. The van der Waals surface area contributed by atoms with Crippen LogP contribution in [0.25, 0.3) is 76.7 Å². The summed E-state index contributed by atoms with van der Waals surface area (Å²) in [5, 5.41) is 8.56. The third-order valence-corrected chi connectivity index (χ3v) is 9.43. The van der Waals surface area contributed by atoms with Gasteiger partial charge < -0.3 is 0 Å². The van der Waals surface area contributed by atoms with Crippen LogP contribution in [0.3, 0.4) is 0 Å². The van der Waals surface area contributed by atoms with Crippen molar-refractivity contribution in [2.45, 2.75) is 19.3 Å². The smallest absolute Gasteiger partial charge is 0.0802 e. The molecule has 0 atom stereocenters. The second kappa shape index (κ2) is 8.83. The monoisotopic (exact) mass is 548 g/mol. The lowest BCUT2D eigenvalue weighted by Gasteiger charge is -2.34. The molecule has 2 heteroatoms. The fourth-order valence-electron chi connectivity index (χ4n) is 7.22. The summed E-state index contributed by atoms with van der Waals surface area (Å²) < 4.78 is 0. The molecule has 0 spiro atoms. The fourth-order valence-corrected chi connectivity index (χ4v) is 7.22. The molecular formula is C41H28N2.